The van der Waals surface area contributed by atoms with Crippen LogP contribution in [0, 0.1) is 0 Å². The maximum Gasteiger partial charge on any atom is 0.255 e. The molecule has 1 saturated heterocycles. The van der Waals surface area contributed by atoms with Crippen molar-refractivity contribution in [3.8, 4) is 5.75 Å². The monoisotopic (exact) mass is 458 g/mol. The quantitative estimate of drug-likeness (QED) is 0.439. The van der Waals surface area contributed by atoms with Crippen molar-refractivity contribution >= 4 is 17.5 Å². The standard InChI is InChI=1S/C28H30N2O4/c1-2-33-25-17-7-6-16-24(25)30-26(31)20-34-28(30)23-15-10-14-22(19-23)27(32)29-18-9-8-13-21-11-4-3-5-12-21/h3-7,10-12,14-17,19,28H,2,8-9,13,18,20H2,1H3,(H,29,32). The highest BCUT2D eigenvalue weighted by Crippen LogP contribution is 2.38. The van der Waals surface area contributed by atoms with E-state index in [1.54, 1.807) is 17.0 Å². The molecule has 0 spiro atoms. The maximum absolute atomic E-state index is 12.7. The Morgan fingerprint density at radius 2 is 1.82 bits per heavy atom. The van der Waals surface area contributed by atoms with E-state index in [2.05, 4.69) is 17.4 Å². The van der Waals surface area contributed by atoms with Crippen LogP contribution in [0.3, 0.4) is 0 Å². The van der Waals surface area contributed by atoms with Crippen molar-refractivity contribution in [2.45, 2.75) is 32.4 Å². The number of ether oxygens (including phenoxy) is 2. The van der Waals surface area contributed by atoms with Crippen LogP contribution in [0.25, 0.3) is 0 Å². The van der Waals surface area contributed by atoms with Gasteiger partial charge < -0.3 is 14.8 Å². The predicted octanol–water partition coefficient (Wildman–Crippen LogP) is 4.90. The minimum Gasteiger partial charge on any atom is -0.492 e. The summed E-state index contributed by atoms with van der Waals surface area (Å²) in [5, 5.41) is 3.00. The Balaban J connectivity index is 1.40. The van der Waals surface area contributed by atoms with E-state index in [9.17, 15) is 9.59 Å². The second kappa shape index (κ2) is 11.5. The number of amides is 2. The minimum atomic E-state index is -0.618. The van der Waals surface area contributed by atoms with Crippen molar-refractivity contribution < 1.29 is 19.1 Å². The van der Waals surface area contributed by atoms with Gasteiger partial charge >= 0.3 is 0 Å². The van der Waals surface area contributed by atoms with E-state index in [-0.39, 0.29) is 18.4 Å². The van der Waals surface area contributed by atoms with E-state index in [4.69, 9.17) is 9.47 Å². The number of nitrogens with zero attached hydrogens (tertiary/aromatic N) is 1. The SMILES string of the molecule is CCOc1ccccc1N1C(=O)COC1c1cccc(C(=O)NCCCCc2ccccc2)c1. The van der Waals surface area contributed by atoms with Gasteiger partial charge in [-0.3, -0.25) is 14.5 Å². The summed E-state index contributed by atoms with van der Waals surface area (Å²) in [4.78, 5) is 27.1. The van der Waals surface area contributed by atoms with E-state index in [1.807, 2.05) is 61.5 Å². The summed E-state index contributed by atoms with van der Waals surface area (Å²) in [6.45, 7) is 2.98. The summed E-state index contributed by atoms with van der Waals surface area (Å²) in [7, 11) is 0. The molecule has 176 valence electrons. The third kappa shape index (κ3) is 5.64. The van der Waals surface area contributed by atoms with Crippen LogP contribution in [-0.4, -0.2) is 31.6 Å². The summed E-state index contributed by atoms with van der Waals surface area (Å²) in [6, 6.07) is 25.0. The topological polar surface area (TPSA) is 67.9 Å². The van der Waals surface area contributed by atoms with E-state index in [0.29, 0.717) is 30.2 Å². The van der Waals surface area contributed by atoms with Gasteiger partial charge in [-0.05, 0) is 56.0 Å². The average molecular weight is 459 g/mol. The molecule has 0 radical (unpaired) electrons. The molecule has 1 N–H and O–H groups in total. The summed E-state index contributed by atoms with van der Waals surface area (Å²) in [5.41, 5.74) is 3.25. The molecular formula is C28H30N2O4. The lowest BCUT2D eigenvalue weighted by Crippen LogP contribution is -2.29. The zero-order valence-corrected chi connectivity index (χ0v) is 19.4. The molecule has 1 atom stereocenters. The van der Waals surface area contributed by atoms with Crippen molar-refractivity contribution in [1.29, 1.82) is 0 Å². The van der Waals surface area contributed by atoms with Gasteiger partial charge in [-0.1, -0.05) is 54.6 Å². The molecule has 6 heteroatoms. The van der Waals surface area contributed by atoms with E-state index in [1.165, 1.54) is 5.56 Å². The molecule has 0 aliphatic carbocycles. The molecule has 6 nitrogen and oxygen atoms in total. The second-order valence-corrected chi connectivity index (χ2v) is 8.15. The Kier molecular flexibility index (Phi) is 7.94. The highest BCUT2D eigenvalue weighted by atomic mass is 16.5. The predicted molar refractivity (Wildman–Crippen MR) is 132 cm³/mol. The van der Waals surface area contributed by atoms with Crippen molar-refractivity contribution in [1.82, 2.24) is 5.32 Å². The highest BCUT2D eigenvalue weighted by Gasteiger charge is 2.36. The van der Waals surface area contributed by atoms with Crippen molar-refractivity contribution in [3.63, 3.8) is 0 Å². The van der Waals surface area contributed by atoms with Gasteiger partial charge in [0.15, 0.2) is 6.23 Å². The van der Waals surface area contributed by atoms with Crippen LogP contribution in [0.5, 0.6) is 5.75 Å². The van der Waals surface area contributed by atoms with Crippen LogP contribution < -0.4 is 15.0 Å². The fourth-order valence-corrected chi connectivity index (χ4v) is 4.10. The Labute approximate surface area is 200 Å². The van der Waals surface area contributed by atoms with Crippen LogP contribution in [0.2, 0.25) is 0 Å². The van der Waals surface area contributed by atoms with Crippen LogP contribution in [0.4, 0.5) is 5.69 Å². The van der Waals surface area contributed by atoms with Crippen molar-refractivity contribution in [3.05, 3.63) is 95.6 Å². The normalized spacial score (nSPS) is 15.4. The molecule has 3 aromatic rings. The number of carbonyl (C=O) groups excluding carboxylic acids is 2. The first-order valence-corrected chi connectivity index (χ1v) is 11.7. The molecule has 1 unspecified atom stereocenters. The number of carbonyl (C=O) groups is 2. The number of para-hydroxylation sites is 2. The van der Waals surface area contributed by atoms with Gasteiger partial charge in [0.25, 0.3) is 11.8 Å². The third-order valence-corrected chi connectivity index (χ3v) is 5.75. The third-order valence-electron chi connectivity index (χ3n) is 5.75. The number of unbranched alkanes of at least 4 members (excludes halogenated alkanes) is 1. The molecular weight excluding hydrogens is 428 g/mol. The number of hydrogen-bond donors (Lipinski definition) is 1. The van der Waals surface area contributed by atoms with E-state index < -0.39 is 6.23 Å². The van der Waals surface area contributed by atoms with Gasteiger partial charge in [0.2, 0.25) is 0 Å². The molecule has 1 fully saturated rings. The smallest absolute Gasteiger partial charge is 0.255 e. The number of rotatable bonds is 10. The zero-order valence-electron chi connectivity index (χ0n) is 19.4. The second-order valence-electron chi connectivity index (χ2n) is 8.15. The number of hydrogen-bond acceptors (Lipinski definition) is 4. The Morgan fingerprint density at radius 3 is 2.65 bits per heavy atom. The Morgan fingerprint density at radius 1 is 1.03 bits per heavy atom. The Bertz CT molecular complexity index is 1120. The Hall–Kier alpha value is -3.64. The fraction of sp³-hybridized carbons (Fsp3) is 0.286. The first kappa shape index (κ1) is 23.5. The van der Waals surface area contributed by atoms with Gasteiger partial charge in [0.1, 0.15) is 12.4 Å². The van der Waals surface area contributed by atoms with Crippen LogP contribution in [0.15, 0.2) is 78.9 Å². The van der Waals surface area contributed by atoms with E-state index in [0.717, 1.165) is 24.8 Å². The first-order valence-electron chi connectivity index (χ1n) is 11.7. The molecule has 4 rings (SSSR count). The first-order chi connectivity index (χ1) is 16.7. The number of aryl methyl sites for hydroxylation is 1. The molecule has 1 aliphatic heterocycles. The maximum atomic E-state index is 12.7. The van der Waals surface area contributed by atoms with Gasteiger partial charge in [-0.2, -0.15) is 0 Å². The van der Waals surface area contributed by atoms with Gasteiger partial charge in [-0.25, -0.2) is 0 Å². The lowest BCUT2D eigenvalue weighted by molar-refractivity contribution is -0.117. The largest absolute Gasteiger partial charge is 0.492 e. The molecule has 1 aliphatic rings. The molecule has 0 aromatic heterocycles. The summed E-state index contributed by atoms with van der Waals surface area (Å²) in [5.74, 6) is 0.343. The van der Waals surface area contributed by atoms with Crippen molar-refractivity contribution in [2.24, 2.45) is 0 Å². The molecule has 1 heterocycles. The minimum absolute atomic E-state index is 0.0248. The van der Waals surface area contributed by atoms with Crippen molar-refractivity contribution in [2.75, 3.05) is 24.7 Å². The van der Waals surface area contributed by atoms with Crippen LogP contribution in [-0.2, 0) is 16.0 Å². The summed E-state index contributed by atoms with van der Waals surface area (Å²) in [6.07, 6.45) is 2.30. The molecule has 3 aromatic carbocycles. The lowest BCUT2D eigenvalue weighted by Gasteiger charge is -2.25. The van der Waals surface area contributed by atoms with Gasteiger partial charge in [0, 0.05) is 17.7 Å². The van der Waals surface area contributed by atoms with E-state index >= 15 is 0 Å². The fourth-order valence-electron chi connectivity index (χ4n) is 4.10. The summed E-state index contributed by atoms with van der Waals surface area (Å²) >= 11 is 0. The van der Waals surface area contributed by atoms with Crippen LogP contribution in [0.1, 0.15) is 47.5 Å². The molecule has 0 saturated carbocycles. The number of nitrogens with one attached hydrogen (secondary N) is 1. The van der Waals surface area contributed by atoms with Gasteiger partial charge in [0.05, 0.1) is 12.3 Å². The highest BCUT2D eigenvalue weighted by molar-refractivity contribution is 5.98. The molecule has 0 bridgehead atoms. The zero-order chi connectivity index (χ0) is 23.8. The summed E-state index contributed by atoms with van der Waals surface area (Å²) < 4.78 is 11.6. The van der Waals surface area contributed by atoms with Crippen LogP contribution >= 0.6 is 0 Å². The number of anilines is 1. The van der Waals surface area contributed by atoms with Gasteiger partial charge in [-0.15, -0.1) is 0 Å². The average Bonchev–Trinajstić information content (AvgIpc) is 3.26. The lowest BCUT2D eigenvalue weighted by atomic mass is 10.1. The molecule has 34 heavy (non-hydrogen) atoms. The number of benzene rings is 3. The molecule has 2 amide bonds.